The molecule has 1 aliphatic heterocycles. The lowest BCUT2D eigenvalue weighted by Crippen LogP contribution is -2.36. The normalized spacial score (nSPS) is 14.4. The second-order valence-corrected chi connectivity index (χ2v) is 5.80. The smallest absolute Gasteiger partial charge is 0.259 e. The van der Waals surface area contributed by atoms with Crippen molar-refractivity contribution < 1.29 is 9.32 Å². The van der Waals surface area contributed by atoms with Crippen LogP contribution in [0.1, 0.15) is 33.1 Å². The molecule has 0 unspecified atom stereocenters. The predicted octanol–water partition coefficient (Wildman–Crippen LogP) is 2.97. The van der Waals surface area contributed by atoms with Crippen LogP contribution in [0.5, 0.6) is 0 Å². The summed E-state index contributed by atoms with van der Waals surface area (Å²) in [5.74, 6) is 0.597. The van der Waals surface area contributed by atoms with Crippen LogP contribution in [0.3, 0.4) is 0 Å². The molecule has 5 heteroatoms. The van der Waals surface area contributed by atoms with E-state index in [0.29, 0.717) is 30.1 Å². The van der Waals surface area contributed by atoms with E-state index < -0.39 is 0 Å². The molecule has 0 atom stereocenters. The number of amides is 1. The van der Waals surface area contributed by atoms with Crippen molar-refractivity contribution in [1.82, 2.24) is 15.0 Å². The van der Waals surface area contributed by atoms with Gasteiger partial charge < -0.3 is 14.4 Å². The molecule has 0 radical (unpaired) electrons. The Morgan fingerprint density at radius 3 is 2.91 bits per heavy atom. The van der Waals surface area contributed by atoms with Crippen molar-refractivity contribution >= 4 is 16.8 Å². The topological polar surface area (TPSA) is 62.1 Å². The van der Waals surface area contributed by atoms with Gasteiger partial charge in [0.05, 0.1) is 5.69 Å². The first-order chi connectivity index (χ1) is 10.6. The molecule has 0 aliphatic carbocycles. The molecule has 3 heterocycles. The van der Waals surface area contributed by atoms with E-state index in [1.165, 1.54) is 16.6 Å². The van der Waals surface area contributed by atoms with Gasteiger partial charge >= 0.3 is 0 Å². The zero-order valence-electron chi connectivity index (χ0n) is 12.6. The summed E-state index contributed by atoms with van der Waals surface area (Å²) in [4.78, 5) is 18.1. The minimum absolute atomic E-state index is 0.00665. The summed E-state index contributed by atoms with van der Waals surface area (Å²) >= 11 is 0. The van der Waals surface area contributed by atoms with Crippen molar-refractivity contribution in [3.05, 3.63) is 52.5 Å². The Hall–Kier alpha value is -2.56. The first-order valence-corrected chi connectivity index (χ1v) is 7.45. The van der Waals surface area contributed by atoms with Crippen LogP contribution < -0.4 is 0 Å². The van der Waals surface area contributed by atoms with E-state index >= 15 is 0 Å². The van der Waals surface area contributed by atoms with Crippen molar-refractivity contribution in [3.8, 4) is 0 Å². The fourth-order valence-electron chi connectivity index (χ4n) is 3.29. The number of aromatic amines is 1. The van der Waals surface area contributed by atoms with Crippen molar-refractivity contribution in [2.75, 3.05) is 6.54 Å². The summed E-state index contributed by atoms with van der Waals surface area (Å²) < 4.78 is 5.13. The van der Waals surface area contributed by atoms with E-state index in [9.17, 15) is 4.79 Å². The molecule has 5 nitrogen and oxygen atoms in total. The van der Waals surface area contributed by atoms with Gasteiger partial charge in [-0.3, -0.25) is 4.79 Å². The molecule has 0 saturated carbocycles. The number of hydrogen-bond donors (Lipinski definition) is 1. The molecule has 1 N–H and O–H groups in total. The molecule has 22 heavy (non-hydrogen) atoms. The predicted molar refractivity (Wildman–Crippen MR) is 82.7 cm³/mol. The number of aromatic nitrogens is 2. The number of nitrogens with zero attached hydrogens (tertiary/aromatic N) is 2. The van der Waals surface area contributed by atoms with Gasteiger partial charge in [-0.1, -0.05) is 23.4 Å². The first-order valence-electron chi connectivity index (χ1n) is 7.45. The molecule has 4 rings (SSSR count). The van der Waals surface area contributed by atoms with E-state index in [4.69, 9.17) is 4.52 Å². The zero-order chi connectivity index (χ0) is 15.3. The maximum atomic E-state index is 12.8. The lowest BCUT2D eigenvalue weighted by atomic mass is 10.0. The Morgan fingerprint density at radius 1 is 1.32 bits per heavy atom. The molecular weight excluding hydrogens is 278 g/mol. The van der Waals surface area contributed by atoms with Crippen LogP contribution >= 0.6 is 0 Å². The standard InChI is InChI=1S/C17H17N3O2/c1-10-16(11(2)22-19-10)17(21)20-8-7-15-13(9-20)12-5-3-4-6-14(12)18-15/h3-6,18H,7-9H2,1-2H3. The number of hydrogen-bond acceptors (Lipinski definition) is 3. The molecule has 112 valence electrons. The first kappa shape index (κ1) is 13.1. The second kappa shape index (κ2) is 4.73. The quantitative estimate of drug-likeness (QED) is 0.750. The highest BCUT2D eigenvalue weighted by Crippen LogP contribution is 2.28. The third-order valence-corrected chi connectivity index (χ3v) is 4.42. The number of benzene rings is 1. The van der Waals surface area contributed by atoms with Gasteiger partial charge in [-0.25, -0.2) is 0 Å². The van der Waals surface area contributed by atoms with Crippen LogP contribution in [0.2, 0.25) is 0 Å². The fourth-order valence-corrected chi connectivity index (χ4v) is 3.29. The van der Waals surface area contributed by atoms with Crippen molar-refractivity contribution in [3.63, 3.8) is 0 Å². The Labute approximate surface area is 127 Å². The summed E-state index contributed by atoms with van der Waals surface area (Å²) in [5, 5.41) is 5.09. The Kier molecular flexibility index (Phi) is 2.82. The van der Waals surface area contributed by atoms with Crippen LogP contribution in [0.15, 0.2) is 28.8 Å². The number of aryl methyl sites for hydroxylation is 2. The van der Waals surface area contributed by atoms with Gasteiger partial charge in [0, 0.05) is 41.7 Å². The second-order valence-electron chi connectivity index (χ2n) is 5.80. The molecule has 3 aromatic rings. The third kappa shape index (κ3) is 1.85. The van der Waals surface area contributed by atoms with E-state index in [1.807, 2.05) is 24.0 Å². The number of H-pyrrole nitrogens is 1. The number of carbonyl (C=O) groups is 1. The molecule has 0 spiro atoms. The van der Waals surface area contributed by atoms with Gasteiger partial charge in [0.2, 0.25) is 0 Å². The maximum Gasteiger partial charge on any atom is 0.259 e. The molecule has 1 aliphatic rings. The monoisotopic (exact) mass is 295 g/mol. The van der Waals surface area contributed by atoms with Crippen LogP contribution in [0, 0.1) is 13.8 Å². The van der Waals surface area contributed by atoms with Gasteiger partial charge in [0.15, 0.2) is 0 Å². The van der Waals surface area contributed by atoms with Gasteiger partial charge in [0.1, 0.15) is 11.3 Å². The number of fused-ring (bicyclic) bond motifs is 3. The summed E-state index contributed by atoms with van der Waals surface area (Å²) in [6.45, 7) is 4.93. The van der Waals surface area contributed by atoms with Gasteiger partial charge in [0.25, 0.3) is 5.91 Å². The van der Waals surface area contributed by atoms with E-state index in [1.54, 1.807) is 6.92 Å². The summed E-state index contributed by atoms with van der Waals surface area (Å²) in [7, 11) is 0. The number of para-hydroxylation sites is 1. The van der Waals surface area contributed by atoms with Crippen LogP contribution in [-0.4, -0.2) is 27.5 Å². The maximum absolute atomic E-state index is 12.8. The van der Waals surface area contributed by atoms with Crippen molar-refractivity contribution in [2.45, 2.75) is 26.8 Å². The lowest BCUT2D eigenvalue weighted by molar-refractivity contribution is 0.0732. The Balaban J connectivity index is 1.71. The van der Waals surface area contributed by atoms with E-state index in [0.717, 1.165) is 11.9 Å². The fraction of sp³-hybridized carbons (Fsp3) is 0.294. The average Bonchev–Trinajstić information content (AvgIpc) is 3.06. The number of carbonyl (C=O) groups excluding carboxylic acids is 1. The van der Waals surface area contributed by atoms with Crippen LogP contribution in [0.4, 0.5) is 0 Å². The van der Waals surface area contributed by atoms with Crippen molar-refractivity contribution in [1.29, 1.82) is 0 Å². The summed E-state index contributed by atoms with van der Waals surface area (Å²) in [6.07, 6.45) is 0.846. The highest BCUT2D eigenvalue weighted by atomic mass is 16.5. The largest absolute Gasteiger partial charge is 0.361 e. The zero-order valence-corrected chi connectivity index (χ0v) is 12.6. The van der Waals surface area contributed by atoms with Gasteiger partial charge in [-0.05, 0) is 19.9 Å². The SMILES string of the molecule is Cc1noc(C)c1C(=O)N1CCc2[nH]c3ccccc3c2C1. The van der Waals surface area contributed by atoms with Crippen molar-refractivity contribution in [2.24, 2.45) is 0 Å². The average molecular weight is 295 g/mol. The van der Waals surface area contributed by atoms with E-state index in [-0.39, 0.29) is 5.91 Å². The molecule has 0 bridgehead atoms. The number of nitrogens with one attached hydrogen (secondary N) is 1. The highest BCUT2D eigenvalue weighted by molar-refractivity contribution is 5.96. The molecule has 1 amide bonds. The molecule has 0 saturated heterocycles. The molecule has 0 fully saturated rings. The molecule has 1 aromatic carbocycles. The third-order valence-electron chi connectivity index (χ3n) is 4.42. The van der Waals surface area contributed by atoms with Gasteiger partial charge in [-0.15, -0.1) is 0 Å². The van der Waals surface area contributed by atoms with E-state index in [2.05, 4.69) is 22.3 Å². The summed E-state index contributed by atoms with van der Waals surface area (Å²) in [6, 6.07) is 8.24. The lowest BCUT2D eigenvalue weighted by Gasteiger charge is -2.27. The molecule has 2 aromatic heterocycles. The van der Waals surface area contributed by atoms with Gasteiger partial charge in [-0.2, -0.15) is 0 Å². The minimum atomic E-state index is 0.00665. The molecular formula is C17H17N3O2. The van der Waals surface area contributed by atoms with Crippen LogP contribution in [-0.2, 0) is 13.0 Å². The van der Waals surface area contributed by atoms with Crippen LogP contribution in [0.25, 0.3) is 10.9 Å². The Morgan fingerprint density at radius 2 is 2.14 bits per heavy atom. The summed E-state index contributed by atoms with van der Waals surface area (Å²) in [5.41, 5.74) is 4.86. The number of rotatable bonds is 1. The minimum Gasteiger partial charge on any atom is -0.361 e. The highest BCUT2D eigenvalue weighted by Gasteiger charge is 2.28. The Bertz CT molecular complexity index is 856.